The van der Waals surface area contributed by atoms with E-state index in [1.165, 1.54) is 51.9 Å². The Hall–Kier alpha value is -1.91. The van der Waals surface area contributed by atoms with Crippen molar-refractivity contribution in [1.82, 2.24) is 0 Å². The van der Waals surface area contributed by atoms with Gasteiger partial charge in [0.2, 0.25) is 0 Å². The fourth-order valence-corrected chi connectivity index (χ4v) is 2.32. The average Bonchev–Trinajstić information content (AvgIpc) is 2.64. The van der Waals surface area contributed by atoms with E-state index in [-0.39, 0.29) is 6.42 Å². The van der Waals surface area contributed by atoms with Crippen molar-refractivity contribution in [2.75, 3.05) is 0 Å². The molecule has 0 atom stereocenters. The van der Waals surface area contributed by atoms with Crippen molar-refractivity contribution in [3.8, 4) is 0 Å². The van der Waals surface area contributed by atoms with Crippen molar-refractivity contribution in [3.05, 3.63) is 24.3 Å². The van der Waals surface area contributed by atoms with Gasteiger partial charge in [0.05, 0.1) is 0 Å². The molecule has 0 aromatic carbocycles. The van der Waals surface area contributed by atoms with Crippen LogP contribution < -0.4 is 0 Å². The highest BCUT2D eigenvalue weighted by molar-refractivity contribution is 5.83. The number of carbonyl (C=O) groups is 3. The van der Waals surface area contributed by atoms with Gasteiger partial charge in [-0.05, 0) is 38.5 Å². The number of rotatable bonds is 15. The quantitative estimate of drug-likeness (QED) is 0.150. The molecule has 0 bridgehead atoms. The van der Waals surface area contributed by atoms with E-state index in [0.29, 0.717) is 6.42 Å². The minimum absolute atomic E-state index is 0.250. The van der Waals surface area contributed by atoms with Gasteiger partial charge in [-0.1, -0.05) is 70.3 Å². The Morgan fingerprint density at radius 3 is 1.79 bits per heavy atom. The van der Waals surface area contributed by atoms with Crippen LogP contribution in [0.5, 0.6) is 0 Å². The van der Waals surface area contributed by atoms with E-state index in [0.717, 1.165) is 25.7 Å². The van der Waals surface area contributed by atoms with Gasteiger partial charge in [-0.25, -0.2) is 0 Å². The monoisotopic (exact) mass is 396 g/mol. The first-order valence-corrected chi connectivity index (χ1v) is 10.7. The SMILES string of the molecule is CCC(=O)OC(C)=O.CCCCC/C=C\C/C=C\CCCCCCCC(=O)O. The van der Waals surface area contributed by atoms with Crippen molar-refractivity contribution in [2.24, 2.45) is 0 Å². The average molecular weight is 397 g/mol. The summed E-state index contributed by atoms with van der Waals surface area (Å²) in [6, 6.07) is 0. The molecule has 0 radical (unpaired) electrons. The van der Waals surface area contributed by atoms with Crippen molar-refractivity contribution < 1.29 is 24.2 Å². The van der Waals surface area contributed by atoms with Crippen molar-refractivity contribution in [2.45, 2.75) is 104 Å². The second-order valence-corrected chi connectivity index (χ2v) is 6.69. The van der Waals surface area contributed by atoms with Crippen molar-refractivity contribution in [3.63, 3.8) is 0 Å². The fourth-order valence-electron chi connectivity index (χ4n) is 2.32. The standard InChI is InChI=1S/C18H32O2.C5H8O3/c1-2-3-4-5-6-7-8-9-10-11-12-13-14-15-16-17-18(19)20;1-3-5(7)8-4(2)6/h6-7,9-10H,2-5,8,11-17H2,1H3,(H,19,20);3H2,1-2H3/b7-6-,10-9-;. The normalized spacial score (nSPS) is 10.7. The van der Waals surface area contributed by atoms with E-state index in [9.17, 15) is 14.4 Å². The number of aliphatic carboxylic acids is 1. The van der Waals surface area contributed by atoms with Gasteiger partial charge in [-0.2, -0.15) is 0 Å². The molecular formula is C23H40O5. The molecule has 0 aromatic rings. The number of carbonyl (C=O) groups excluding carboxylic acids is 2. The molecule has 0 amide bonds. The van der Waals surface area contributed by atoms with Gasteiger partial charge >= 0.3 is 17.9 Å². The number of unbranched alkanes of at least 4 members (excludes halogenated alkanes) is 8. The lowest BCUT2D eigenvalue weighted by molar-refractivity contribution is -0.157. The first-order chi connectivity index (χ1) is 13.4. The summed E-state index contributed by atoms with van der Waals surface area (Å²) >= 11 is 0. The van der Waals surface area contributed by atoms with Gasteiger partial charge in [-0.15, -0.1) is 0 Å². The molecule has 0 aliphatic carbocycles. The molecule has 0 aliphatic rings. The molecule has 0 saturated heterocycles. The van der Waals surface area contributed by atoms with Gasteiger partial charge in [0.15, 0.2) is 0 Å². The molecule has 1 N–H and O–H groups in total. The summed E-state index contributed by atoms with van der Waals surface area (Å²) in [7, 11) is 0. The second kappa shape index (κ2) is 23.1. The van der Waals surface area contributed by atoms with Crippen LogP contribution in [0, 0.1) is 0 Å². The first-order valence-electron chi connectivity index (χ1n) is 10.7. The molecule has 0 heterocycles. The van der Waals surface area contributed by atoms with E-state index < -0.39 is 17.9 Å². The van der Waals surface area contributed by atoms with Gasteiger partial charge in [-0.3, -0.25) is 14.4 Å². The molecule has 0 aromatic heterocycles. The molecule has 5 nitrogen and oxygen atoms in total. The van der Waals surface area contributed by atoms with E-state index in [2.05, 4.69) is 36.0 Å². The van der Waals surface area contributed by atoms with Crippen LogP contribution in [0.1, 0.15) is 104 Å². The molecule has 0 rings (SSSR count). The Labute approximate surface area is 171 Å². The highest BCUT2D eigenvalue weighted by Gasteiger charge is 1.99. The predicted molar refractivity (Wildman–Crippen MR) is 114 cm³/mol. The van der Waals surface area contributed by atoms with Gasteiger partial charge in [0.1, 0.15) is 0 Å². The zero-order chi connectivity index (χ0) is 21.5. The maximum absolute atomic E-state index is 10.3. The van der Waals surface area contributed by atoms with Crippen LogP contribution in [0.25, 0.3) is 0 Å². The van der Waals surface area contributed by atoms with E-state index in [1.807, 2.05) is 0 Å². The predicted octanol–water partition coefficient (Wildman–Crippen LogP) is 6.37. The Morgan fingerprint density at radius 1 is 0.786 bits per heavy atom. The minimum atomic E-state index is -0.671. The molecular weight excluding hydrogens is 356 g/mol. The summed E-state index contributed by atoms with van der Waals surface area (Å²) in [4.78, 5) is 30.5. The lowest BCUT2D eigenvalue weighted by atomic mass is 10.1. The summed E-state index contributed by atoms with van der Waals surface area (Å²) in [5.74, 6) is -1.69. The van der Waals surface area contributed by atoms with E-state index >= 15 is 0 Å². The van der Waals surface area contributed by atoms with Crippen LogP contribution in [0.2, 0.25) is 0 Å². The van der Waals surface area contributed by atoms with E-state index in [4.69, 9.17) is 5.11 Å². The van der Waals surface area contributed by atoms with Crippen LogP contribution in [0.4, 0.5) is 0 Å². The topological polar surface area (TPSA) is 80.7 Å². The number of carboxylic acid groups (broad SMARTS) is 1. The summed E-state index contributed by atoms with van der Waals surface area (Å²) in [5.41, 5.74) is 0. The van der Waals surface area contributed by atoms with Gasteiger partial charge in [0.25, 0.3) is 0 Å². The summed E-state index contributed by atoms with van der Waals surface area (Å²) in [6.07, 6.45) is 22.5. The molecule has 0 saturated carbocycles. The smallest absolute Gasteiger partial charge is 0.313 e. The Morgan fingerprint density at radius 2 is 1.32 bits per heavy atom. The van der Waals surface area contributed by atoms with Crippen LogP contribution in [-0.2, 0) is 19.1 Å². The lowest BCUT2D eigenvalue weighted by Crippen LogP contribution is -2.06. The Bertz CT molecular complexity index is 452. The largest absolute Gasteiger partial charge is 0.481 e. The number of carboxylic acids is 1. The summed E-state index contributed by atoms with van der Waals surface area (Å²) in [6.45, 7) is 5.07. The van der Waals surface area contributed by atoms with Crippen LogP contribution in [0.3, 0.4) is 0 Å². The van der Waals surface area contributed by atoms with Crippen molar-refractivity contribution in [1.29, 1.82) is 0 Å². The highest BCUT2D eigenvalue weighted by atomic mass is 16.6. The number of ether oxygens (including phenoxy) is 1. The fraction of sp³-hybridized carbons (Fsp3) is 0.696. The third-order valence-electron chi connectivity index (χ3n) is 3.89. The second-order valence-electron chi connectivity index (χ2n) is 6.69. The first kappa shape index (κ1) is 28.3. The zero-order valence-corrected chi connectivity index (χ0v) is 18.1. The number of allylic oxidation sites excluding steroid dienone is 4. The molecule has 0 fully saturated rings. The number of esters is 2. The third kappa shape index (κ3) is 28.9. The van der Waals surface area contributed by atoms with Crippen LogP contribution >= 0.6 is 0 Å². The highest BCUT2D eigenvalue weighted by Crippen LogP contribution is 2.08. The van der Waals surface area contributed by atoms with Crippen LogP contribution in [-0.4, -0.2) is 23.0 Å². The maximum Gasteiger partial charge on any atom is 0.313 e. The van der Waals surface area contributed by atoms with Gasteiger partial charge < -0.3 is 9.84 Å². The van der Waals surface area contributed by atoms with Crippen molar-refractivity contribution >= 4 is 17.9 Å². The van der Waals surface area contributed by atoms with Crippen LogP contribution in [0.15, 0.2) is 24.3 Å². The number of hydrogen-bond donors (Lipinski definition) is 1. The number of hydrogen-bond acceptors (Lipinski definition) is 4. The lowest BCUT2D eigenvalue weighted by Gasteiger charge is -1.98. The zero-order valence-electron chi connectivity index (χ0n) is 18.1. The van der Waals surface area contributed by atoms with E-state index in [1.54, 1.807) is 6.92 Å². The summed E-state index contributed by atoms with van der Waals surface area (Å²) in [5, 5.41) is 8.50. The Balaban J connectivity index is 0. The molecule has 5 heteroatoms. The van der Waals surface area contributed by atoms with Gasteiger partial charge in [0, 0.05) is 19.8 Å². The minimum Gasteiger partial charge on any atom is -0.481 e. The maximum atomic E-state index is 10.3. The summed E-state index contributed by atoms with van der Waals surface area (Å²) < 4.78 is 4.12. The molecule has 28 heavy (non-hydrogen) atoms. The molecule has 0 spiro atoms. The molecule has 0 unspecified atom stereocenters. The molecule has 162 valence electrons. The molecule has 0 aliphatic heterocycles. The third-order valence-corrected chi connectivity index (χ3v) is 3.89. The Kier molecular flexibility index (Phi) is 23.4.